The molecule has 0 spiro atoms. The van der Waals surface area contributed by atoms with Gasteiger partial charge in [-0.05, 0) is 12.8 Å². The van der Waals surface area contributed by atoms with E-state index in [1.807, 2.05) is 0 Å². The molecule has 0 N–H and O–H groups in total. The summed E-state index contributed by atoms with van der Waals surface area (Å²) in [6.07, 6.45) is 38.8. The predicted molar refractivity (Wildman–Crippen MR) is 135 cm³/mol. The Labute approximate surface area is 190 Å². The van der Waals surface area contributed by atoms with Crippen LogP contribution in [0.25, 0.3) is 0 Å². The van der Waals surface area contributed by atoms with Crippen LogP contribution in [-0.4, -0.2) is 6.21 Å². The van der Waals surface area contributed by atoms with Gasteiger partial charge in [0.2, 0.25) is 6.19 Å². The summed E-state index contributed by atoms with van der Waals surface area (Å²) < 4.78 is 0. The number of nitrogens with zero attached hydrogens (tertiary/aromatic N) is 2. The zero-order valence-electron chi connectivity index (χ0n) is 20.6. The highest BCUT2D eigenvalue weighted by Crippen LogP contribution is 2.15. The summed E-state index contributed by atoms with van der Waals surface area (Å²) in [5, 5.41) is 8.31. The van der Waals surface area contributed by atoms with Gasteiger partial charge in [0.05, 0.1) is 0 Å². The third kappa shape index (κ3) is 27.2. The van der Waals surface area contributed by atoms with Gasteiger partial charge in [0.25, 0.3) is 0 Å². The van der Waals surface area contributed by atoms with E-state index >= 15 is 0 Å². The van der Waals surface area contributed by atoms with Crippen molar-refractivity contribution < 1.29 is 0 Å². The minimum Gasteiger partial charge on any atom is -0.186 e. The molecule has 0 saturated heterocycles. The van der Waals surface area contributed by atoms with Crippen LogP contribution in [0.15, 0.2) is 4.99 Å². The van der Waals surface area contributed by atoms with Gasteiger partial charge < -0.3 is 0 Å². The second-order valence-electron chi connectivity index (χ2n) is 9.33. The lowest BCUT2D eigenvalue weighted by Gasteiger charge is -2.04. The Balaban J connectivity index is 3.00. The van der Waals surface area contributed by atoms with E-state index in [1.165, 1.54) is 154 Å². The van der Waals surface area contributed by atoms with E-state index in [1.54, 1.807) is 12.4 Å². The average Bonchev–Trinajstić information content (AvgIpc) is 2.76. The van der Waals surface area contributed by atoms with Gasteiger partial charge in [0.15, 0.2) is 0 Å². The van der Waals surface area contributed by atoms with E-state index in [2.05, 4.69) is 11.9 Å². The number of rotatable bonds is 25. The molecule has 0 aliphatic carbocycles. The lowest BCUT2D eigenvalue weighted by atomic mass is 10.0. The zero-order valence-corrected chi connectivity index (χ0v) is 20.6. The minimum atomic E-state index is 0.965. The Hall–Kier alpha value is -0.840. The van der Waals surface area contributed by atoms with Crippen molar-refractivity contribution in [1.29, 1.82) is 5.26 Å². The van der Waals surface area contributed by atoms with Crippen molar-refractivity contribution in [2.45, 2.75) is 167 Å². The molecule has 30 heavy (non-hydrogen) atoms. The molecule has 176 valence electrons. The van der Waals surface area contributed by atoms with Gasteiger partial charge in [-0.3, -0.25) is 0 Å². The van der Waals surface area contributed by atoms with E-state index in [0.717, 1.165) is 6.42 Å². The Morgan fingerprint density at radius 1 is 0.467 bits per heavy atom. The monoisotopic (exact) mass is 418 g/mol. The first-order valence-corrected chi connectivity index (χ1v) is 13.8. The molecule has 0 aromatic heterocycles. The second kappa shape index (κ2) is 28.2. The number of hydrogen-bond donors (Lipinski definition) is 0. The van der Waals surface area contributed by atoms with Crippen molar-refractivity contribution in [2.75, 3.05) is 0 Å². The molecule has 0 bridgehead atoms. The maximum Gasteiger partial charge on any atom is 0.205 e. The van der Waals surface area contributed by atoms with Crippen LogP contribution >= 0.6 is 0 Å². The van der Waals surface area contributed by atoms with Gasteiger partial charge >= 0.3 is 0 Å². The molecule has 0 aliphatic heterocycles. The molecule has 0 aliphatic rings. The van der Waals surface area contributed by atoms with Crippen molar-refractivity contribution in [3.63, 3.8) is 0 Å². The van der Waals surface area contributed by atoms with Crippen LogP contribution in [0.2, 0.25) is 0 Å². The van der Waals surface area contributed by atoms with Gasteiger partial charge in [-0.25, -0.2) is 0 Å². The summed E-state index contributed by atoms with van der Waals surface area (Å²) in [7, 11) is 0. The number of aliphatic imine (C=N–C) groups is 1. The number of unbranched alkanes of at least 4 members (excludes halogenated alkanes) is 24. The molecule has 0 radical (unpaired) electrons. The lowest BCUT2D eigenvalue weighted by molar-refractivity contribution is 0.517. The van der Waals surface area contributed by atoms with Crippen LogP contribution in [0.5, 0.6) is 0 Å². The van der Waals surface area contributed by atoms with E-state index < -0.39 is 0 Å². The SMILES string of the molecule is CCCCCCCCCCCCCCCCCCCCCCCCCCC=NC#N. The summed E-state index contributed by atoms with van der Waals surface area (Å²) in [6.45, 7) is 2.30. The van der Waals surface area contributed by atoms with Crippen LogP contribution < -0.4 is 0 Å². The molecule has 0 unspecified atom stereocenters. The van der Waals surface area contributed by atoms with E-state index in [9.17, 15) is 0 Å². The average molecular weight is 419 g/mol. The highest BCUT2D eigenvalue weighted by atomic mass is 14.7. The van der Waals surface area contributed by atoms with Gasteiger partial charge in [0, 0.05) is 6.21 Å². The summed E-state index contributed by atoms with van der Waals surface area (Å²) in [6, 6.07) is 0. The van der Waals surface area contributed by atoms with Crippen LogP contribution in [0.3, 0.4) is 0 Å². The Morgan fingerprint density at radius 3 is 1.00 bits per heavy atom. The fourth-order valence-electron chi connectivity index (χ4n) is 4.30. The maximum absolute atomic E-state index is 8.31. The molecule has 0 heterocycles. The van der Waals surface area contributed by atoms with Gasteiger partial charge in [0.1, 0.15) is 0 Å². The van der Waals surface area contributed by atoms with Crippen LogP contribution in [0.1, 0.15) is 167 Å². The van der Waals surface area contributed by atoms with E-state index in [-0.39, 0.29) is 0 Å². The molecule has 2 heteroatoms. The van der Waals surface area contributed by atoms with E-state index in [0.29, 0.717) is 0 Å². The van der Waals surface area contributed by atoms with Gasteiger partial charge in [-0.15, -0.1) is 0 Å². The van der Waals surface area contributed by atoms with Crippen molar-refractivity contribution in [2.24, 2.45) is 4.99 Å². The predicted octanol–water partition coefficient (Wildman–Crippen LogP) is 10.3. The maximum atomic E-state index is 8.31. The normalized spacial score (nSPS) is 11.3. The van der Waals surface area contributed by atoms with Crippen molar-refractivity contribution in [3.05, 3.63) is 0 Å². The van der Waals surface area contributed by atoms with Crippen molar-refractivity contribution in [3.8, 4) is 6.19 Å². The minimum absolute atomic E-state index is 0.965. The molecular formula is C28H54N2. The molecule has 0 atom stereocenters. The van der Waals surface area contributed by atoms with Crippen molar-refractivity contribution in [1.82, 2.24) is 0 Å². The third-order valence-corrected chi connectivity index (χ3v) is 6.34. The summed E-state index contributed by atoms with van der Waals surface area (Å²) in [5.74, 6) is 0. The van der Waals surface area contributed by atoms with Crippen LogP contribution in [0.4, 0.5) is 0 Å². The molecule has 0 rings (SSSR count). The number of hydrogen-bond acceptors (Lipinski definition) is 2. The first-order valence-electron chi connectivity index (χ1n) is 13.8. The molecule has 0 aromatic rings. The second-order valence-corrected chi connectivity index (χ2v) is 9.33. The quantitative estimate of drug-likeness (QED) is 0.0824. The fraction of sp³-hybridized carbons (Fsp3) is 0.929. The zero-order chi connectivity index (χ0) is 21.8. The number of nitriles is 1. The highest BCUT2D eigenvalue weighted by Gasteiger charge is 1.96. The molecular weight excluding hydrogens is 364 g/mol. The molecule has 0 fully saturated rings. The molecule has 2 nitrogen and oxygen atoms in total. The first-order chi connectivity index (χ1) is 14.9. The first kappa shape index (κ1) is 29.2. The lowest BCUT2D eigenvalue weighted by Crippen LogP contribution is -1.84. The van der Waals surface area contributed by atoms with Crippen LogP contribution in [-0.2, 0) is 0 Å². The molecule has 0 saturated carbocycles. The molecule has 0 amide bonds. The summed E-state index contributed by atoms with van der Waals surface area (Å²) in [4.78, 5) is 3.58. The Bertz CT molecular complexity index is 369. The summed E-state index contributed by atoms with van der Waals surface area (Å²) in [5.41, 5.74) is 0. The van der Waals surface area contributed by atoms with Gasteiger partial charge in [-0.2, -0.15) is 10.3 Å². The third-order valence-electron chi connectivity index (χ3n) is 6.34. The van der Waals surface area contributed by atoms with Crippen LogP contribution in [0, 0.1) is 11.5 Å². The standard InChI is InChI=1S/C28H54N2/c1-2-3-4-5-6-7-8-9-10-11-12-13-14-15-16-17-18-19-20-21-22-23-24-25-26-27-30-28-29/h27H,2-26H2,1H3. The van der Waals surface area contributed by atoms with Crippen molar-refractivity contribution >= 4 is 6.21 Å². The van der Waals surface area contributed by atoms with E-state index in [4.69, 9.17) is 5.26 Å². The Kier molecular flexibility index (Phi) is 27.4. The largest absolute Gasteiger partial charge is 0.205 e. The summed E-state index contributed by atoms with van der Waals surface area (Å²) >= 11 is 0. The smallest absolute Gasteiger partial charge is 0.186 e. The fourth-order valence-corrected chi connectivity index (χ4v) is 4.30. The highest BCUT2D eigenvalue weighted by molar-refractivity contribution is 5.58. The Morgan fingerprint density at radius 2 is 0.733 bits per heavy atom. The molecule has 0 aromatic carbocycles. The van der Waals surface area contributed by atoms with Gasteiger partial charge in [-0.1, -0.05) is 155 Å². The topological polar surface area (TPSA) is 36.1 Å².